The molecule has 24 heavy (non-hydrogen) atoms. The molecule has 3 atom stereocenters. The van der Waals surface area contributed by atoms with Crippen LogP contribution < -0.4 is 4.90 Å². The third-order valence-electron chi connectivity index (χ3n) is 4.82. The van der Waals surface area contributed by atoms with Crippen LogP contribution in [0.5, 0.6) is 0 Å². The van der Waals surface area contributed by atoms with E-state index in [9.17, 15) is 4.79 Å². The summed E-state index contributed by atoms with van der Waals surface area (Å²) in [5.41, 5.74) is 1.93. The molecule has 1 unspecified atom stereocenters. The molecule has 2 aromatic rings. The monoisotopic (exact) mass is 327 g/mol. The number of anilines is 1. The fourth-order valence-corrected chi connectivity index (χ4v) is 3.43. The molecule has 0 radical (unpaired) electrons. The molecule has 7 nitrogen and oxygen atoms in total. The van der Waals surface area contributed by atoms with Crippen LogP contribution in [0.4, 0.5) is 5.69 Å². The first-order valence-electron chi connectivity index (χ1n) is 8.40. The van der Waals surface area contributed by atoms with E-state index in [4.69, 9.17) is 4.74 Å². The molecule has 4 rings (SSSR count). The first-order valence-corrected chi connectivity index (χ1v) is 8.40. The fourth-order valence-electron chi connectivity index (χ4n) is 3.43. The molecule has 0 bridgehead atoms. The van der Waals surface area contributed by atoms with Gasteiger partial charge in [-0.15, -0.1) is 0 Å². The number of aromatic nitrogens is 4. The molecule has 0 spiro atoms. The largest absolute Gasteiger partial charge is 0.376 e. The van der Waals surface area contributed by atoms with Crippen molar-refractivity contribution in [3.8, 4) is 0 Å². The van der Waals surface area contributed by atoms with Gasteiger partial charge in [0.1, 0.15) is 0 Å². The summed E-state index contributed by atoms with van der Waals surface area (Å²) in [6, 6.07) is 1.83. The number of ether oxygens (including phenoxy) is 1. The smallest absolute Gasteiger partial charge is 0.230 e. The van der Waals surface area contributed by atoms with Crippen LogP contribution in [0.3, 0.4) is 0 Å². The van der Waals surface area contributed by atoms with E-state index in [1.165, 1.54) is 0 Å². The molecular formula is C17H21N5O2. The highest BCUT2D eigenvalue weighted by Gasteiger charge is 2.47. The number of carbonyl (C=O) groups excluding carboxylic acids is 1. The molecule has 1 saturated heterocycles. The topological polar surface area (TPSA) is 73.1 Å². The second kappa shape index (κ2) is 6.32. The fraction of sp³-hybridized carbons (Fsp3) is 0.529. The van der Waals surface area contributed by atoms with Gasteiger partial charge in [-0.25, -0.2) is 0 Å². The van der Waals surface area contributed by atoms with Crippen LogP contribution in [-0.4, -0.2) is 45.1 Å². The minimum atomic E-state index is 0.0174. The van der Waals surface area contributed by atoms with Crippen LogP contribution in [-0.2, 0) is 16.6 Å². The molecule has 1 aliphatic carbocycles. The Morgan fingerprint density at radius 2 is 2.33 bits per heavy atom. The van der Waals surface area contributed by atoms with Gasteiger partial charge < -0.3 is 9.64 Å². The number of hydrogen-bond donors (Lipinski definition) is 0. The van der Waals surface area contributed by atoms with E-state index in [0.717, 1.165) is 37.1 Å². The van der Waals surface area contributed by atoms with E-state index >= 15 is 0 Å². The maximum absolute atomic E-state index is 13.1. The van der Waals surface area contributed by atoms with Gasteiger partial charge in [0, 0.05) is 25.8 Å². The number of amides is 1. The molecule has 7 heteroatoms. The van der Waals surface area contributed by atoms with Crippen molar-refractivity contribution in [1.82, 2.24) is 20.0 Å². The lowest BCUT2D eigenvalue weighted by Crippen LogP contribution is -2.38. The highest BCUT2D eigenvalue weighted by Crippen LogP contribution is 2.48. The predicted molar refractivity (Wildman–Crippen MR) is 87.4 cm³/mol. The zero-order chi connectivity index (χ0) is 16.5. The Bertz CT molecular complexity index is 711. The summed E-state index contributed by atoms with van der Waals surface area (Å²) in [4.78, 5) is 14.9. The quantitative estimate of drug-likeness (QED) is 0.832. The van der Waals surface area contributed by atoms with Crippen LogP contribution >= 0.6 is 0 Å². The molecular weight excluding hydrogens is 306 g/mol. The van der Waals surface area contributed by atoms with E-state index in [0.29, 0.717) is 6.54 Å². The average Bonchev–Trinajstić information content (AvgIpc) is 3.00. The van der Waals surface area contributed by atoms with Crippen molar-refractivity contribution in [2.75, 3.05) is 18.1 Å². The van der Waals surface area contributed by atoms with Crippen LogP contribution in [0.2, 0.25) is 0 Å². The van der Waals surface area contributed by atoms with Crippen molar-refractivity contribution in [2.45, 2.75) is 31.3 Å². The minimum absolute atomic E-state index is 0.0174. The number of hydrogen-bond acceptors (Lipinski definition) is 5. The zero-order valence-electron chi connectivity index (χ0n) is 13.7. The van der Waals surface area contributed by atoms with Gasteiger partial charge in [-0.05, 0) is 36.8 Å². The van der Waals surface area contributed by atoms with Gasteiger partial charge in [-0.1, -0.05) is 0 Å². The lowest BCUT2D eigenvalue weighted by Gasteiger charge is -2.25. The summed E-state index contributed by atoms with van der Waals surface area (Å²) in [6.45, 7) is 1.36. The van der Waals surface area contributed by atoms with Gasteiger partial charge in [-0.2, -0.15) is 15.3 Å². The van der Waals surface area contributed by atoms with Crippen molar-refractivity contribution < 1.29 is 9.53 Å². The van der Waals surface area contributed by atoms with Gasteiger partial charge in [0.25, 0.3) is 0 Å². The van der Waals surface area contributed by atoms with Crippen LogP contribution in [0.1, 0.15) is 30.7 Å². The van der Waals surface area contributed by atoms with Gasteiger partial charge in [-0.3, -0.25) is 9.48 Å². The van der Waals surface area contributed by atoms with E-state index < -0.39 is 0 Å². The highest BCUT2D eigenvalue weighted by molar-refractivity contribution is 5.97. The second-order valence-corrected chi connectivity index (χ2v) is 6.58. The normalized spacial score (nSPS) is 25.6. The molecule has 2 fully saturated rings. The molecule has 1 amide bonds. The standard InChI is InChI=1S/C17H21N5O2/c1-21-10-12(8-20-21)15-7-16(15)17(23)22(11-14-3-2-6-24-14)13-4-5-18-19-9-13/h4-5,8-10,14-16H,2-3,6-7,11H2,1H3/t14?,15-,16+/m0/s1. The van der Waals surface area contributed by atoms with Crippen molar-refractivity contribution >= 4 is 11.6 Å². The van der Waals surface area contributed by atoms with E-state index in [1.807, 2.05) is 30.4 Å². The SMILES string of the molecule is Cn1cc([C@@H]2C[C@H]2C(=O)N(CC2CCCO2)c2ccnnc2)cn1. The number of aryl methyl sites for hydroxylation is 1. The molecule has 3 heterocycles. The van der Waals surface area contributed by atoms with Crippen LogP contribution in [0.15, 0.2) is 30.9 Å². The Kier molecular flexibility index (Phi) is 4.02. The first kappa shape index (κ1) is 15.3. The number of carbonyl (C=O) groups is 1. The number of rotatable bonds is 5. The summed E-state index contributed by atoms with van der Waals surface area (Å²) in [6.07, 6.45) is 10.2. The summed E-state index contributed by atoms with van der Waals surface area (Å²) in [5, 5.41) is 12.0. The molecule has 126 valence electrons. The van der Waals surface area contributed by atoms with Gasteiger partial charge in [0.05, 0.1) is 36.9 Å². The Balaban J connectivity index is 1.51. The average molecular weight is 327 g/mol. The lowest BCUT2D eigenvalue weighted by molar-refractivity contribution is -0.120. The van der Waals surface area contributed by atoms with E-state index in [-0.39, 0.29) is 23.8 Å². The van der Waals surface area contributed by atoms with Gasteiger partial charge >= 0.3 is 0 Å². The van der Waals surface area contributed by atoms with E-state index in [1.54, 1.807) is 17.1 Å². The number of nitrogens with zero attached hydrogens (tertiary/aromatic N) is 5. The molecule has 0 aromatic carbocycles. The molecule has 1 saturated carbocycles. The zero-order valence-corrected chi connectivity index (χ0v) is 13.7. The van der Waals surface area contributed by atoms with Crippen molar-refractivity contribution in [1.29, 1.82) is 0 Å². The third-order valence-corrected chi connectivity index (χ3v) is 4.82. The Hall–Kier alpha value is -2.28. The third kappa shape index (κ3) is 3.03. The summed E-state index contributed by atoms with van der Waals surface area (Å²) in [5.74, 6) is 0.434. The summed E-state index contributed by atoms with van der Waals surface area (Å²) in [7, 11) is 1.90. The van der Waals surface area contributed by atoms with E-state index in [2.05, 4.69) is 15.3 Å². The highest BCUT2D eigenvalue weighted by atomic mass is 16.5. The van der Waals surface area contributed by atoms with Gasteiger partial charge in [0.2, 0.25) is 5.91 Å². The van der Waals surface area contributed by atoms with Gasteiger partial charge in [0.15, 0.2) is 0 Å². The summed E-state index contributed by atoms with van der Waals surface area (Å²) < 4.78 is 7.51. The molecule has 0 N–H and O–H groups in total. The summed E-state index contributed by atoms with van der Waals surface area (Å²) >= 11 is 0. The molecule has 2 aliphatic rings. The predicted octanol–water partition coefficient (Wildman–Crippen LogP) is 1.53. The Morgan fingerprint density at radius 3 is 3.00 bits per heavy atom. The molecule has 2 aromatic heterocycles. The van der Waals surface area contributed by atoms with Crippen LogP contribution in [0.25, 0.3) is 0 Å². The first-order chi connectivity index (χ1) is 11.7. The maximum atomic E-state index is 13.1. The Morgan fingerprint density at radius 1 is 1.42 bits per heavy atom. The van der Waals surface area contributed by atoms with Crippen molar-refractivity contribution in [3.05, 3.63) is 36.4 Å². The van der Waals surface area contributed by atoms with Crippen molar-refractivity contribution in [2.24, 2.45) is 13.0 Å². The second-order valence-electron chi connectivity index (χ2n) is 6.58. The molecule has 1 aliphatic heterocycles. The Labute approximate surface area is 140 Å². The lowest BCUT2D eigenvalue weighted by atomic mass is 10.1. The minimum Gasteiger partial charge on any atom is -0.376 e. The van der Waals surface area contributed by atoms with Crippen LogP contribution in [0, 0.1) is 5.92 Å². The van der Waals surface area contributed by atoms with Crippen molar-refractivity contribution in [3.63, 3.8) is 0 Å². The maximum Gasteiger partial charge on any atom is 0.230 e.